The zero-order chi connectivity index (χ0) is 24.4. The Balaban J connectivity index is 1.64. The average molecular weight is 467 g/mol. The van der Waals surface area contributed by atoms with E-state index in [1.165, 1.54) is 4.68 Å². The minimum Gasteiger partial charge on any atom is -0.450 e. The number of fused-ring (bicyclic) bond motifs is 1. The van der Waals surface area contributed by atoms with E-state index >= 15 is 0 Å². The maximum atomic E-state index is 13.5. The molecule has 1 fully saturated rings. The van der Waals surface area contributed by atoms with E-state index in [4.69, 9.17) is 4.74 Å². The maximum Gasteiger partial charge on any atom is 0.409 e. The molecule has 0 spiro atoms. The van der Waals surface area contributed by atoms with Gasteiger partial charge in [0.2, 0.25) is 5.91 Å². The number of aryl methyl sites for hydroxylation is 1. The molecule has 1 saturated heterocycles. The lowest BCUT2D eigenvalue weighted by atomic mass is 10.1. The second-order valence-electron chi connectivity index (χ2n) is 8.67. The number of piperazine rings is 1. The van der Waals surface area contributed by atoms with Crippen molar-refractivity contribution in [3.8, 4) is 5.69 Å². The fourth-order valence-electron chi connectivity index (χ4n) is 4.19. The van der Waals surface area contributed by atoms with Gasteiger partial charge in [-0.25, -0.2) is 14.2 Å². The van der Waals surface area contributed by atoms with Crippen LogP contribution in [0.4, 0.5) is 4.79 Å². The third-order valence-electron chi connectivity index (χ3n) is 6.04. The summed E-state index contributed by atoms with van der Waals surface area (Å²) in [6.07, 6.45) is 1.30. The van der Waals surface area contributed by atoms with Crippen LogP contribution >= 0.6 is 0 Å². The van der Waals surface area contributed by atoms with Gasteiger partial charge in [0.15, 0.2) is 0 Å². The highest BCUT2D eigenvalue weighted by atomic mass is 16.6. The van der Waals surface area contributed by atoms with Crippen molar-refractivity contribution in [1.82, 2.24) is 29.4 Å². The molecule has 1 aliphatic rings. The fourth-order valence-corrected chi connectivity index (χ4v) is 4.19. The number of hydrogen-bond acceptors (Lipinski definition) is 6. The predicted octanol–water partition coefficient (Wildman–Crippen LogP) is 2.31. The summed E-state index contributed by atoms with van der Waals surface area (Å²) in [5, 5.41) is 9.74. The third kappa shape index (κ3) is 4.40. The molecule has 10 nitrogen and oxygen atoms in total. The van der Waals surface area contributed by atoms with E-state index in [1.807, 2.05) is 45.0 Å². The average Bonchev–Trinajstić information content (AvgIpc) is 3.26. The van der Waals surface area contributed by atoms with E-state index < -0.39 is 0 Å². The third-order valence-corrected chi connectivity index (χ3v) is 6.04. The van der Waals surface area contributed by atoms with Gasteiger partial charge in [-0.2, -0.15) is 10.2 Å². The standard InChI is InChI=1S/C24H30N6O4/c1-5-34-24(33)28-12-10-27(11-13-28)20(31)15-29-23(32)22-18(21(26-29)16(2)3)14-25-30(22)19-9-7-6-8-17(19)4/h6-9,14,16H,5,10-13,15H2,1-4H3. The molecule has 3 aromatic rings. The normalized spacial score (nSPS) is 14.1. The van der Waals surface area contributed by atoms with E-state index in [2.05, 4.69) is 10.2 Å². The smallest absolute Gasteiger partial charge is 0.409 e. The Morgan fingerprint density at radius 1 is 1.09 bits per heavy atom. The lowest BCUT2D eigenvalue weighted by molar-refractivity contribution is -0.133. The van der Waals surface area contributed by atoms with E-state index in [1.54, 1.807) is 27.6 Å². The molecule has 0 atom stereocenters. The zero-order valence-electron chi connectivity index (χ0n) is 20.0. The minimum absolute atomic E-state index is 0.0343. The maximum absolute atomic E-state index is 13.5. The molecular weight excluding hydrogens is 436 g/mol. The molecule has 1 aliphatic heterocycles. The first-order chi connectivity index (χ1) is 16.3. The van der Waals surface area contributed by atoms with E-state index in [0.29, 0.717) is 43.7 Å². The molecular formula is C24H30N6O4. The number of ether oxygens (including phenoxy) is 1. The van der Waals surface area contributed by atoms with E-state index in [9.17, 15) is 14.4 Å². The van der Waals surface area contributed by atoms with Gasteiger partial charge >= 0.3 is 6.09 Å². The van der Waals surface area contributed by atoms with Crippen LogP contribution in [0.5, 0.6) is 0 Å². The Hall–Kier alpha value is -3.69. The van der Waals surface area contributed by atoms with Crippen molar-refractivity contribution < 1.29 is 14.3 Å². The van der Waals surface area contributed by atoms with Crippen LogP contribution in [0, 0.1) is 6.92 Å². The van der Waals surface area contributed by atoms with Crippen molar-refractivity contribution in [2.24, 2.45) is 0 Å². The SMILES string of the molecule is CCOC(=O)N1CCN(C(=O)Cn2nc(C(C)C)c3cnn(-c4ccccc4C)c3c2=O)CC1. The molecule has 34 heavy (non-hydrogen) atoms. The largest absolute Gasteiger partial charge is 0.450 e. The van der Waals surface area contributed by atoms with Gasteiger partial charge < -0.3 is 14.5 Å². The van der Waals surface area contributed by atoms with Gasteiger partial charge in [-0.1, -0.05) is 32.0 Å². The van der Waals surface area contributed by atoms with Crippen molar-refractivity contribution in [3.05, 3.63) is 52.1 Å². The Morgan fingerprint density at radius 2 is 1.76 bits per heavy atom. The molecule has 0 N–H and O–H groups in total. The molecule has 0 radical (unpaired) electrons. The molecule has 0 aliphatic carbocycles. The Morgan fingerprint density at radius 3 is 2.41 bits per heavy atom. The molecule has 0 saturated carbocycles. The molecule has 1 aromatic carbocycles. The Bertz CT molecular complexity index is 1270. The molecule has 180 valence electrons. The number of nitrogens with zero attached hydrogens (tertiary/aromatic N) is 6. The zero-order valence-corrected chi connectivity index (χ0v) is 20.0. The van der Waals surface area contributed by atoms with Crippen LogP contribution in [0.25, 0.3) is 16.6 Å². The first-order valence-corrected chi connectivity index (χ1v) is 11.6. The van der Waals surface area contributed by atoms with E-state index in [-0.39, 0.29) is 30.0 Å². The number of rotatable bonds is 5. The van der Waals surface area contributed by atoms with Crippen LogP contribution in [0.1, 0.15) is 37.9 Å². The van der Waals surface area contributed by atoms with Crippen LogP contribution in [0.2, 0.25) is 0 Å². The van der Waals surface area contributed by atoms with Gasteiger partial charge in [0.1, 0.15) is 12.1 Å². The Kier molecular flexibility index (Phi) is 6.67. The molecule has 2 aromatic heterocycles. The number of carbonyl (C=O) groups is 2. The summed E-state index contributed by atoms with van der Waals surface area (Å²) in [6.45, 7) is 9.41. The number of carbonyl (C=O) groups excluding carboxylic acids is 2. The summed E-state index contributed by atoms with van der Waals surface area (Å²) >= 11 is 0. The molecule has 4 rings (SSSR count). The lowest BCUT2D eigenvalue weighted by Crippen LogP contribution is -2.51. The summed E-state index contributed by atoms with van der Waals surface area (Å²) in [6, 6.07) is 7.71. The van der Waals surface area contributed by atoms with Gasteiger partial charge in [0.25, 0.3) is 5.56 Å². The van der Waals surface area contributed by atoms with Crippen molar-refractivity contribution in [1.29, 1.82) is 0 Å². The molecule has 2 amide bonds. The van der Waals surface area contributed by atoms with Crippen molar-refractivity contribution >= 4 is 22.9 Å². The number of benzene rings is 1. The molecule has 0 bridgehead atoms. The first kappa shape index (κ1) is 23.5. The Labute approximate surface area is 197 Å². The summed E-state index contributed by atoms with van der Waals surface area (Å²) in [5.74, 6) is -0.179. The summed E-state index contributed by atoms with van der Waals surface area (Å²) in [7, 11) is 0. The number of hydrogen-bond donors (Lipinski definition) is 0. The number of amides is 2. The summed E-state index contributed by atoms with van der Waals surface area (Å²) < 4.78 is 7.92. The van der Waals surface area contributed by atoms with Crippen LogP contribution in [-0.4, -0.2) is 74.1 Å². The van der Waals surface area contributed by atoms with E-state index in [0.717, 1.165) is 16.9 Å². The van der Waals surface area contributed by atoms with Gasteiger partial charge in [0.05, 0.1) is 24.2 Å². The van der Waals surface area contributed by atoms with Crippen LogP contribution in [0.15, 0.2) is 35.3 Å². The second-order valence-corrected chi connectivity index (χ2v) is 8.67. The minimum atomic E-state index is -0.371. The number of aromatic nitrogens is 4. The first-order valence-electron chi connectivity index (χ1n) is 11.6. The quantitative estimate of drug-likeness (QED) is 0.572. The van der Waals surface area contributed by atoms with Crippen molar-refractivity contribution in [3.63, 3.8) is 0 Å². The van der Waals surface area contributed by atoms with Gasteiger partial charge in [-0.3, -0.25) is 9.59 Å². The molecule has 0 unspecified atom stereocenters. The highest BCUT2D eigenvalue weighted by Gasteiger charge is 2.26. The topological polar surface area (TPSA) is 103 Å². The monoisotopic (exact) mass is 466 g/mol. The van der Waals surface area contributed by atoms with Crippen LogP contribution in [0.3, 0.4) is 0 Å². The highest BCUT2D eigenvalue weighted by molar-refractivity contribution is 5.83. The summed E-state index contributed by atoms with van der Waals surface area (Å²) in [5.41, 5.74) is 2.56. The van der Waals surface area contributed by atoms with Crippen molar-refractivity contribution in [2.45, 2.75) is 40.2 Å². The predicted molar refractivity (Wildman–Crippen MR) is 127 cm³/mol. The lowest BCUT2D eigenvalue weighted by Gasteiger charge is -2.34. The van der Waals surface area contributed by atoms with Crippen molar-refractivity contribution in [2.75, 3.05) is 32.8 Å². The molecule has 10 heteroatoms. The van der Waals surface area contributed by atoms with Gasteiger partial charge in [0, 0.05) is 31.6 Å². The van der Waals surface area contributed by atoms with Crippen LogP contribution < -0.4 is 5.56 Å². The van der Waals surface area contributed by atoms with Gasteiger partial charge in [-0.15, -0.1) is 0 Å². The fraction of sp³-hybridized carbons (Fsp3) is 0.458. The molecule has 3 heterocycles. The summed E-state index contributed by atoms with van der Waals surface area (Å²) in [4.78, 5) is 41.7. The number of para-hydroxylation sites is 1. The second kappa shape index (κ2) is 9.66. The van der Waals surface area contributed by atoms with Gasteiger partial charge in [-0.05, 0) is 31.4 Å². The highest BCUT2D eigenvalue weighted by Crippen LogP contribution is 2.24. The van der Waals surface area contributed by atoms with Crippen LogP contribution in [-0.2, 0) is 16.1 Å².